The molecule has 0 aliphatic carbocycles. The fraction of sp³-hybridized carbons (Fsp3) is 0.475. The Morgan fingerprint density at radius 3 is 2.30 bits per heavy atom. The lowest BCUT2D eigenvalue weighted by Crippen LogP contribution is -2.46. The highest BCUT2D eigenvalue weighted by molar-refractivity contribution is 9.10. The van der Waals surface area contributed by atoms with Crippen molar-refractivity contribution in [3.8, 4) is 5.88 Å². The topological polar surface area (TPSA) is 48.8 Å². The Labute approximate surface area is 284 Å². The van der Waals surface area contributed by atoms with Gasteiger partial charge in [0.2, 0.25) is 5.88 Å². The van der Waals surface area contributed by atoms with Crippen LogP contribution in [0.15, 0.2) is 89.4 Å². The van der Waals surface area contributed by atoms with E-state index in [1.54, 1.807) is 7.11 Å². The van der Waals surface area contributed by atoms with Crippen molar-refractivity contribution in [2.75, 3.05) is 39.8 Å². The third-order valence-electron chi connectivity index (χ3n) is 10.4. The summed E-state index contributed by atoms with van der Waals surface area (Å²) in [5.74, 6) is 0.293. The maximum Gasteiger partial charge on any atom is 0.217 e. The molecule has 6 rings (SSSR count). The van der Waals surface area contributed by atoms with Crippen LogP contribution in [-0.4, -0.2) is 71.4 Å². The van der Waals surface area contributed by atoms with E-state index >= 15 is 0 Å². The zero-order chi connectivity index (χ0) is 31.8. The largest absolute Gasteiger partial charge is 0.481 e. The zero-order valence-electron chi connectivity index (χ0n) is 27.4. The molecule has 0 saturated carbocycles. The first-order valence-electron chi connectivity index (χ1n) is 17.4. The lowest BCUT2D eigenvalue weighted by atomic mass is 9.72. The fourth-order valence-electron chi connectivity index (χ4n) is 7.92. The predicted molar refractivity (Wildman–Crippen MR) is 193 cm³/mol. The van der Waals surface area contributed by atoms with Gasteiger partial charge in [0.25, 0.3) is 0 Å². The van der Waals surface area contributed by atoms with Gasteiger partial charge in [0.05, 0.1) is 18.2 Å². The molecular weight excluding hydrogens is 634 g/mol. The summed E-state index contributed by atoms with van der Waals surface area (Å²) in [7, 11) is 1.69. The smallest absolute Gasteiger partial charge is 0.217 e. The summed E-state index contributed by atoms with van der Waals surface area (Å²) in [6.45, 7) is 6.09. The van der Waals surface area contributed by atoms with E-state index in [1.165, 1.54) is 63.8 Å². The number of aliphatic hydroxyl groups is 1. The number of nitrogens with zero attached hydrogens (tertiary/aromatic N) is 3. The van der Waals surface area contributed by atoms with E-state index in [4.69, 9.17) is 9.72 Å². The maximum atomic E-state index is 13.0. The molecule has 0 amide bonds. The van der Waals surface area contributed by atoms with Crippen LogP contribution in [0.3, 0.4) is 0 Å². The Morgan fingerprint density at radius 1 is 0.870 bits per heavy atom. The molecule has 244 valence electrons. The Bertz CT molecular complexity index is 1520. The standard InChI is InChI=1S/C40H50BrN3O2/c1-46-39-36(30-33-29-34(41)17-18-37(33)42-39)38(32-15-7-3-8-16-32)40(45,23-19-31-13-5-2-6-14-31)22-9-12-24-43-27-20-35(21-28-43)44-25-10-4-11-26-44/h2-3,5-8,13-18,29-30,35,38,45H,4,9-12,19-28H2,1H3. The lowest BCUT2D eigenvalue weighted by Gasteiger charge is -2.40. The predicted octanol–water partition coefficient (Wildman–Crippen LogP) is 8.62. The highest BCUT2D eigenvalue weighted by Gasteiger charge is 2.40. The van der Waals surface area contributed by atoms with Crippen molar-refractivity contribution >= 4 is 26.8 Å². The molecule has 2 atom stereocenters. The molecule has 1 aromatic heterocycles. The molecule has 0 spiro atoms. The number of aromatic nitrogens is 1. The van der Waals surface area contributed by atoms with Gasteiger partial charge < -0.3 is 19.6 Å². The number of ether oxygens (including phenoxy) is 1. The van der Waals surface area contributed by atoms with Crippen LogP contribution in [0.25, 0.3) is 10.9 Å². The molecule has 5 nitrogen and oxygen atoms in total. The van der Waals surface area contributed by atoms with Crippen LogP contribution >= 0.6 is 15.9 Å². The molecule has 6 heteroatoms. The van der Waals surface area contributed by atoms with Crippen molar-refractivity contribution in [1.82, 2.24) is 14.8 Å². The summed E-state index contributed by atoms with van der Waals surface area (Å²) in [6.07, 6.45) is 11.0. The van der Waals surface area contributed by atoms with Crippen LogP contribution in [0.5, 0.6) is 5.88 Å². The number of unbranched alkanes of at least 4 members (excludes halogenated alkanes) is 1. The number of aryl methyl sites for hydroxylation is 1. The van der Waals surface area contributed by atoms with Gasteiger partial charge in [-0.15, -0.1) is 0 Å². The highest BCUT2D eigenvalue weighted by atomic mass is 79.9. The number of likely N-dealkylation sites (tertiary alicyclic amines) is 2. The van der Waals surface area contributed by atoms with Crippen molar-refractivity contribution in [1.29, 1.82) is 0 Å². The van der Waals surface area contributed by atoms with Crippen molar-refractivity contribution < 1.29 is 9.84 Å². The minimum absolute atomic E-state index is 0.288. The Kier molecular flexibility index (Phi) is 11.4. The van der Waals surface area contributed by atoms with Crippen molar-refractivity contribution in [3.05, 3.63) is 106 Å². The summed E-state index contributed by atoms with van der Waals surface area (Å²) >= 11 is 3.65. The normalized spacial score (nSPS) is 18.8. The fourth-order valence-corrected chi connectivity index (χ4v) is 8.30. The summed E-state index contributed by atoms with van der Waals surface area (Å²) in [4.78, 5) is 10.4. The Balaban J connectivity index is 1.23. The molecule has 4 aromatic rings. The minimum atomic E-state index is -0.993. The number of piperidine rings is 2. The number of rotatable bonds is 13. The van der Waals surface area contributed by atoms with Gasteiger partial charge in [-0.2, -0.15) is 0 Å². The van der Waals surface area contributed by atoms with Gasteiger partial charge in [0.1, 0.15) is 0 Å². The second kappa shape index (κ2) is 15.9. The third kappa shape index (κ3) is 8.20. The van der Waals surface area contributed by atoms with Crippen LogP contribution in [-0.2, 0) is 6.42 Å². The van der Waals surface area contributed by atoms with Gasteiger partial charge in [-0.05, 0) is 126 Å². The zero-order valence-corrected chi connectivity index (χ0v) is 29.0. The molecule has 46 heavy (non-hydrogen) atoms. The number of fused-ring (bicyclic) bond motifs is 1. The van der Waals surface area contributed by atoms with Crippen molar-refractivity contribution in [2.24, 2.45) is 0 Å². The van der Waals surface area contributed by atoms with Crippen LogP contribution in [0.4, 0.5) is 0 Å². The van der Waals surface area contributed by atoms with Crippen LogP contribution in [0, 0.1) is 0 Å². The molecule has 2 aliphatic rings. The maximum absolute atomic E-state index is 13.0. The van der Waals surface area contributed by atoms with Crippen LogP contribution in [0.1, 0.15) is 80.4 Å². The van der Waals surface area contributed by atoms with E-state index in [1.807, 2.05) is 18.2 Å². The van der Waals surface area contributed by atoms with Crippen molar-refractivity contribution in [3.63, 3.8) is 0 Å². The number of benzene rings is 3. The SMILES string of the molecule is COc1nc2ccc(Br)cc2cc1C(c1ccccc1)C(O)(CCCCN1CCC(N2CCCCC2)CC1)CCc1ccccc1. The molecule has 0 bridgehead atoms. The van der Waals surface area contributed by atoms with Gasteiger partial charge in [-0.25, -0.2) is 4.98 Å². The first kappa shape index (κ1) is 33.1. The number of halogens is 1. The molecule has 2 fully saturated rings. The Hall–Kier alpha value is -2.77. The molecule has 3 heterocycles. The monoisotopic (exact) mass is 683 g/mol. The first-order valence-corrected chi connectivity index (χ1v) is 18.2. The van der Waals surface area contributed by atoms with Gasteiger partial charge in [0, 0.05) is 27.4 Å². The minimum Gasteiger partial charge on any atom is -0.481 e. The number of methoxy groups -OCH3 is 1. The average molecular weight is 685 g/mol. The van der Waals surface area contributed by atoms with Gasteiger partial charge in [-0.3, -0.25) is 0 Å². The van der Waals surface area contributed by atoms with Gasteiger partial charge >= 0.3 is 0 Å². The van der Waals surface area contributed by atoms with Crippen LogP contribution in [0.2, 0.25) is 0 Å². The molecule has 2 unspecified atom stereocenters. The van der Waals surface area contributed by atoms with E-state index in [2.05, 4.69) is 92.5 Å². The van der Waals surface area contributed by atoms with E-state index in [0.717, 1.165) is 58.4 Å². The average Bonchev–Trinajstić information content (AvgIpc) is 3.11. The summed E-state index contributed by atoms with van der Waals surface area (Å²) in [5, 5.41) is 14.0. The van der Waals surface area contributed by atoms with E-state index < -0.39 is 5.60 Å². The van der Waals surface area contributed by atoms with Gasteiger partial charge in [0.15, 0.2) is 0 Å². The summed E-state index contributed by atoms with van der Waals surface area (Å²) in [5.41, 5.74) is 3.17. The third-order valence-corrected chi connectivity index (χ3v) is 10.9. The van der Waals surface area contributed by atoms with E-state index in [-0.39, 0.29) is 5.92 Å². The molecule has 3 aromatic carbocycles. The van der Waals surface area contributed by atoms with Crippen LogP contribution < -0.4 is 4.74 Å². The van der Waals surface area contributed by atoms with Crippen molar-refractivity contribution in [2.45, 2.75) is 81.8 Å². The number of hydrogen-bond donors (Lipinski definition) is 1. The lowest BCUT2D eigenvalue weighted by molar-refractivity contribution is 0.00300. The molecule has 2 saturated heterocycles. The first-order chi connectivity index (χ1) is 22.5. The van der Waals surface area contributed by atoms with E-state index in [0.29, 0.717) is 18.7 Å². The molecular formula is C40H50BrN3O2. The second-order valence-electron chi connectivity index (χ2n) is 13.5. The van der Waals surface area contributed by atoms with E-state index in [9.17, 15) is 5.11 Å². The summed E-state index contributed by atoms with van der Waals surface area (Å²) < 4.78 is 6.97. The number of hydrogen-bond acceptors (Lipinski definition) is 5. The summed E-state index contributed by atoms with van der Waals surface area (Å²) in [6, 6.07) is 30.1. The highest BCUT2D eigenvalue weighted by Crippen LogP contribution is 2.45. The molecule has 2 aliphatic heterocycles. The second-order valence-corrected chi connectivity index (χ2v) is 14.4. The molecule has 0 radical (unpaired) electrons. The molecule has 1 N–H and O–H groups in total. The van der Waals surface area contributed by atoms with Gasteiger partial charge in [-0.1, -0.05) is 83.0 Å². The number of pyridine rings is 1. The Morgan fingerprint density at radius 2 is 1.59 bits per heavy atom. The quantitative estimate of drug-likeness (QED) is 0.143.